The third-order valence-electron chi connectivity index (χ3n) is 3.67. The molecule has 104 valence electrons. The second-order valence-corrected chi connectivity index (χ2v) is 5.02. The molecule has 0 saturated carbocycles. The molecule has 0 bridgehead atoms. The van der Waals surface area contributed by atoms with Crippen LogP contribution in [0.1, 0.15) is 27.9 Å². The van der Waals surface area contributed by atoms with Gasteiger partial charge in [0.15, 0.2) is 0 Å². The number of aryl methyl sites for hydroxylation is 1. The number of hydrogen-bond acceptors (Lipinski definition) is 2. The fraction of sp³-hybridized carbons (Fsp3) is 0.176. The fourth-order valence-electron chi connectivity index (χ4n) is 2.60. The number of hydrogen-bond donors (Lipinski definition) is 0. The van der Waals surface area contributed by atoms with Crippen LogP contribution in [0.3, 0.4) is 0 Å². The van der Waals surface area contributed by atoms with Crippen molar-refractivity contribution in [3.8, 4) is 6.07 Å². The van der Waals surface area contributed by atoms with Gasteiger partial charge in [-0.05, 0) is 54.8 Å². The monoisotopic (exact) mass is 280 g/mol. The van der Waals surface area contributed by atoms with Crippen molar-refractivity contribution in [3.63, 3.8) is 0 Å². The molecular formula is C17H13FN2O. The molecule has 3 rings (SSSR count). The molecule has 0 N–H and O–H groups in total. The summed E-state index contributed by atoms with van der Waals surface area (Å²) in [5, 5.41) is 8.79. The van der Waals surface area contributed by atoms with Gasteiger partial charge in [0.05, 0.1) is 17.3 Å². The normalized spacial score (nSPS) is 13.4. The maximum Gasteiger partial charge on any atom is 0.258 e. The lowest BCUT2D eigenvalue weighted by Gasteiger charge is -2.29. The Morgan fingerprint density at radius 1 is 1.19 bits per heavy atom. The lowest BCUT2D eigenvalue weighted by Crippen LogP contribution is -2.35. The molecular weight excluding hydrogens is 267 g/mol. The van der Waals surface area contributed by atoms with Crippen LogP contribution in [0, 0.1) is 17.1 Å². The largest absolute Gasteiger partial charge is 0.308 e. The Balaban J connectivity index is 1.96. The van der Waals surface area contributed by atoms with Gasteiger partial charge in [0, 0.05) is 12.1 Å². The minimum atomic E-state index is -0.340. The Kier molecular flexibility index (Phi) is 3.41. The van der Waals surface area contributed by atoms with Crippen molar-refractivity contribution in [2.24, 2.45) is 0 Å². The van der Waals surface area contributed by atoms with E-state index >= 15 is 0 Å². The minimum Gasteiger partial charge on any atom is -0.308 e. The number of amides is 1. The van der Waals surface area contributed by atoms with E-state index in [2.05, 4.69) is 0 Å². The van der Waals surface area contributed by atoms with E-state index in [9.17, 15) is 9.18 Å². The van der Waals surface area contributed by atoms with Crippen LogP contribution in [0.5, 0.6) is 0 Å². The van der Waals surface area contributed by atoms with E-state index in [-0.39, 0.29) is 11.7 Å². The van der Waals surface area contributed by atoms with E-state index in [4.69, 9.17) is 5.26 Å². The Bertz CT molecular complexity index is 731. The Morgan fingerprint density at radius 2 is 1.95 bits per heavy atom. The van der Waals surface area contributed by atoms with Crippen LogP contribution in [0.15, 0.2) is 42.5 Å². The van der Waals surface area contributed by atoms with Gasteiger partial charge in [-0.25, -0.2) is 4.39 Å². The van der Waals surface area contributed by atoms with Crippen LogP contribution in [-0.4, -0.2) is 12.5 Å². The van der Waals surface area contributed by atoms with Gasteiger partial charge in [0.2, 0.25) is 0 Å². The average Bonchev–Trinajstić information content (AvgIpc) is 2.53. The number of carbonyl (C=O) groups is 1. The van der Waals surface area contributed by atoms with Crippen molar-refractivity contribution in [2.45, 2.75) is 12.8 Å². The van der Waals surface area contributed by atoms with Crippen molar-refractivity contribution in [1.29, 1.82) is 5.26 Å². The summed E-state index contributed by atoms with van der Waals surface area (Å²) in [7, 11) is 0. The van der Waals surface area contributed by atoms with Crippen molar-refractivity contribution >= 4 is 11.6 Å². The van der Waals surface area contributed by atoms with Crippen LogP contribution in [0.4, 0.5) is 10.1 Å². The summed E-state index contributed by atoms with van der Waals surface area (Å²) in [6.45, 7) is 0.579. The first-order valence-corrected chi connectivity index (χ1v) is 6.79. The molecule has 0 radical (unpaired) electrons. The van der Waals surface area contributed by atoms with E-state index in [0.29, 0.717) is 23.4 Å². The number of anilines is 1. The molecule has 1 amide bonds. The standard InChI is InChI=1S/C17H13FN2O/c18-15-8-7-13-2-1-9-20(16(13)10-15)17(21)14-5-3-12(11-19)4-6-14/h3-8,10H,1-2,9H2. The molecule has 0 fully saturated rings. The summed E-state index contributed by atoms with van der Waals surface area (Å²) in [6, 6.07) is 13.1. The molecule has 2 aromatic carbocycles. The zero-order valence-electron chi connectivity index (χ0n) is 11.3. The Hall–Kier alpha value is -2.67. The van der Waals surface area contributed by atoms with Crippen molar-refractivity contribution in [3.05, 3.63) is 65.0 Å². The Morgan fingerprint density at radius 3 is 2.67 bits per heavy atom. The zero-order valence-corrected chi connectivity index (χ0v) is 11.3. The lowest BCUT2D eigenvalue weighted by atomic mass is 10.0. The molecule has 4 heteroatoms. The number of fused-ring (bicyclic) bond motifs is 1. The summed E-state index contributed by atoms with van der Waals surface area (Å²) < 4.78 is 13.5. The number of halogens is 1. The molecule has 1 heterocycles. The molecule has 3 nitrogen and oxygen atoms in total. The molecule has 21 heavy (non-hydrogen) atoms. The molecule has 1 aliphatic heterocycles. The van der Waals surface area contributed by atoms with E-state index in [0.717, 1.165) is 18.4 Å². The quantitative estimate of drug-likeness (QED) is 0.804. The number of nitriles is 1. The third-order valence-corrected chi connectivity index (χ3v) is 3.67. The molecule has 0 aliphatic carbocycles. The van der Waals surface area contributed by atoms with Crippen molar-refractivity contribution in [2.75, 3.05) is 11.4 Å². The van der Waals surface area contributed by atoms with Gasteiger partial charge in [0.1, 0.15) is 5.82 Å². The molecule has 1 aliphatic rings. The molecule has 0 unspecified atom stereocenters. The highest BCUT2D eigenvalue weighted by atomic mass is 19.1. The van der Waals surface area contributed by atoms with Gasteiger partial charge in [0.25, 0.3) is 5.91 Å². The molecule has 0 atom stereocenters. The molecule has 0 saturated heterocycles. The summed E-state index contributed by atoms with van der Waals surface area (Å²) >= 11 is 0. The number of rotatable bonds is 1. The zero-order chi connectivity index (χ0) is 14.8. The van der Waals surface area contributed by atoms with Crippen LogP contribution in [0.2, 0.25) is 0 Å². The second-order valence-electron chi connectivity index (χ2n) is 5.02. The number of benzene rings is 2. The molecule has 2 aromatic rings. The summed E-state index contributed by atoms with van der Waals surface area (Å²) in [5.41, 5.74) is 2.66. The van der Waals surface area contributed by atoms with Crippen LogP contribution in [-0.2, 0) is 6.42 Å². The van der Waals surface area contributed by atoms with E-state index < -0.39 is 0 Å². The van der Waals surface area contributed by atoms with E-state index in [1.807, 2.05) is 6.07 Å². The van der Waals surface area contributed by atoms with Gasteiger partial charge < -0.3 is 4.90 Å². The smallest absolute Gasteiger partial charge is 0.258 e. The third kappa shape index (κ3) is 2.50. The van der Waals surface area contributed by atoms with Crippen LogP contribution in [0.25, 0.3) is 0 Å². The van der Waals surface area contributed by atoms with Crippen LogP contribution < -0.4 is 4.90 Å². The summed E-state index contributed by atoms with van der Waals surface area (Å²) in [5.74, 6) is -0.501. The van der Waals surface area contributed by atoms with E-state index in [1.54, 1.807) is 35.2 Å². The van der Waals surface area contributed by atoms with Gasteiger partial charge in [-0.2, -0.15) is 5.26 Å². The summed E-state index contributed by atoms with van der Waals surface area (Å²) in [4.78, 5) is 14.2. The maximum absolute atomic E-state index is 13.5. The Labute approximate surface area is 122 Å². The number of carbonyl (C=O) groups excluding carboxylic acids is 1. The van der Waals surface area contributed by atoms with Gasteiger partial charge in [-0.3, -0.25) is 4.79 Å². The maximum atomic E-state index is 13.5. The SMILES string of the molecule is N#Cc1ccc(C(=O)N2CCCc3ccc(F)cc32)cc1. The first-order chi connectivity index (χ1) is 10.2. The van der Waals surface area contributed by atoms with Crippen LogP contribution >= 0.6 is 0 Å². The fourth-order valence-corrected chi connectivity index (χ4v) is 2.60. The topological polar surface area (TPSA) is 44.1 Å². The molecule has 0 aromatic heterocycles. The second kappa shape index (κ2) is 5.37. The highest BCUT2D eigenvalue weighted by Crippen LogP contribution is 2.29. The predicted octanol–water partition coefficient (Wildman–Crippen LogP) is 3.29. The van der Waals surface area contributed by atoms with Crippen molar-refractivity contribution in [1.82, 2.24) is 0 Å². The predicted molar refractivity (Wildman–Crippen MR) is 77.6 cm³/mol. The van der Waals surface area contributed by atoms with Gasteiger partial charge in [-0.1, -0.05) is 6.07 Å². The van der Waals surface area contributed by atoms with E-state index in [1.165, 1.54) is 12.1 Å². The average molecular weight is 280 g/mol. The first-order valence-electron chi connectivity index (χ1n) is 6.79. The highest BCUT2D eigenvalue weighted by Gasteiger charge is 2.23. The number of nitrogens with zero attached hydrogens (tertiary/aromatic N) is 2. The van der Waals surface area contributed by atoms with Crippen molar-refractivity contribution < 1.29 is 9.18 Å². The van der Waals surface area contributed by atoms with Gasteiger partial charge in [-0.15, -0.1) is 0 Å². The highest BCUT2D eigenvalue weighted by molar-refractivity contribution is 6.06. The molecule has 0 spiro atoms. The minimum absolute atomic E-state index is 0.161. The lowest BCUT2D eigenvalue weighted by molar-refractivity contribution is 0.0985. The summed E-state index contributed by atoms with van der Waals surface area (Å²) in [6.07, 6.45) is 1.72. The first kappa shape index (κ1) is 13.3. The van der Waals surface area contributed by atoms with Gasteiger partial charge >= 0.3 is 0 Å².